The van der Waals surface area contributed by atoms with Gasteiger partial charge in [-0.3, -0.25) is 10.1 Å². The van der Waals surface area contributed by atoms with Crippen LogP contribution in [-0.4, -0.2) is 38.5 Å². The molecule has 0 spiro atoms. The van der Waals surface area contributed by atoms with Crippen molar-refractivity contribution in [2.24, 2.45) is 0 Å². The predicted molar refractivity (Wildman–Crippen MR) is 99.5 cm³/mol. The van der Waals surface area contributed by atoms with Crippen molar-refractivity contribution in [1.82, 2.24) is 0 Å². The van der Waals surface area contributed by atoms with Crippen LogP contribution in [0.4, 0.5) is 10.5 Å². The van der Waals surface area contributed by atoms with E-state index in [2.05, 4.69) is 5.32 Å². The number of anilines is 1. The fourth-order valence-electron chi connectivity index (χ4n) is 2.59. The Bertz CT molecular complexity index is 833. The lowest BCUT2D eigenvalue weighted by Crippen LogP contribution is -2.27. The largest absolute Gasteiger partial charge is 0.493 e. The minimum absolute atomic E-state index is 0.0146. The van der Waals surface area contributed by atoms with Crippen LogP contribution in [0.15, 0.2) is 16.7 Å². The SMILES string of the molecule is CCOC(=O)Cc1coc2c(OC)c(OC)cc(NC(=O)OC(C)(C)C)c12. The second-order valence-electron chi connectivity index (χ2n) is 6.73. The zero-order chi connectivity index (χ0) is 20.2. The first-order valence-electron chi connectivity index (χ1n) is 8.50. The van der Waals surface area contributed by atoms with Gasteiger partial charge in [0.15, 0.2) is 11.3 Å². The van der Waals surface area contributed by atoms with Crippen LogP contribution in [0.3, 0.4) is 0 Å². The molecule has 0 fully saturated rings. The summed E-state index contributed by atoms with van der Waals surface area (Å²) in [6.07, 6.45) is 0.780. The van der Waals surface area contributed by atoms with Crippen molar-refractivity contribution in [2.75, 3.05) is 26.1 Å². The lowest BCUT2D eigenvalue weighted by atomic mass is 10.1. The fourth-order valence-corrected chi connectivity index (χ4v) is 2.59. The minimum Gasteiger partial charge on any atom is -0.493 e. The lowest BCUT2D eigenvalue weighted by Gasteiger charge is -2.20. The first-order valence-corrected chi connectivity index (χ1v) is 8.50. The van der Waals surface area contributed by atoms with Crippen LogP contribution in [0.2, 0.25) is 0 Å². The van der Waals surface area contributed by atoms with Crippen molar-refractivity contribution < 1.29 is 33.0 Å². The van der Waals surface area contributed by atoms with Gasteiger partial charge < -0.3 is 23.4 Å². The molecule has 0 bridgehead atoms. The first-order chi connectivity index (χ1) is 12.7. The Hall–Kier alpha value is -2.90. The molecular formula is C19H25NO7. The Morgan fingerprint density at radius 2 is 1.89 bits per heavy atom. The molecule has 0 radical (unpaired) electrons. The third kappa shape index (κ3) is 4.84. The molecule has 0 aliphatic heterocycles. The summed E-state index contributed by atoms with van der Waals surface area (Å²) >= 11 is 0. The van der Waals surface area contributed by atoms with Crippen LogP contribution in [0.25, 0.3) is 11.0 Å². The van der Waals surface area contributed by atoms with Crippen LogP contribution < -0.4 is 14.8 Å². The van der Waals surface area contributed by atoms with E-state index in [1.807, 2.05) is 0 Å². The molecule has 0 aliphatic rings. The number of hydrogen-bond donors (Lipinski definition) is 1. The molecule has 1 heterocycles. The number of benzene rings is 1. The molecule has 1 N–H and O–H groups in total. The Morgan fingerprint density at radius 3 is 2.44 bits per heavy atom. The summed E-state index contributed by atoms with van der Waals surface area (Å²) in [5.41, 5.74) is 0.617. The van der Waals surface area contributed by atoms with Gasteiger partial charge in [0.1, 0.15) is 5.60 Å². The number of ether oxygens (including phenoxy) is 4. The van der Waals surface area contributed by atoms with Gasteiger partial charge in [-0.25, -0.2) is 4.79 Å². The zero-order valence-corrected chi connectivity index (χ0v) is 16.4. The van der Waals surface area contributed by atoms with Gasteiger partial charge in [-0.15, -0.1) is 0 Å². The summed E-state index contributed by atoms with van der Waals surface area (Å²) in [4.78, 5) is 24.2. The van der Waals surface area contributed by atoms with Gasteiger partial charge >= 0.3 is 12.1 Å². The number of furan rings is 1. The maximum absolute atomic E-state index is 12.3. The van der Waals surface area contributed by atoms with Crippen LogP contribution >= 0.6 is 0 Å². The molecule has 148 valence electrons. The molecule has 0 saturated carbocycles. The molecule has 2 rings (SSSR count). The second-order valence-corrected chi connectivity index (χ2v) is 6.73. The molecule has 8 heteroatoms. The summed E-state index contributed by atoms with van der Waals surface area (Å²) in [6.45, 7) is 7.30. The number of carbonyl (C=O) groups is 2. The number of amides is 1. The van der Waals surface area contributed by atoms with Gasteiger partial charge in [-0.1, -0.05) is 0 Å². The van der Waals surface area contributed by atoms with Crippen molar-refractivity contribution in [2.45, 2.75) is 39.7 Å². The van der Waals surface area contributed by atoms with E-state index in [-0.39, 0.29) is 13.0 Å². The number of esters is 1. The number of nitrogens with one attached hydrogen (secondary N) is 1. The maximum Gasteiger partial charge on any atom is 0.412 e. The summed E-state index contributed by atoms with van der Waals surface area (Å²) in [6, 6.07) is 1.59. The smallest absolute Gasteiger partial charge is 0.412 e. The van der Waals surface area contributed by atoms with E-state index in [1.165, 1.54) is 20.5 Å². The fraction of sp³-hybridized carbons (Fsp3) is 0.474. The Balaban J connectivity index is 2.53. The van der Waals surface area contributed by atoms with Crippen LogP contribution in [-0.2, 0) is 20.7 Å². The van der Waals surface area contributed by atoms with Crippen molar-refractivity contribution in [3.05, 3.63) is 17.9 Å². The molecule has 27 heavy (non-hydrogen) atoms. The summed E-state index contributed by atoms with van der Waals surface area (Å²) in [5, 5.41) is 3.21. The normalized spacial score (nSPS) is 11.2. The molecule has 1 aromatic heterocycles. The molecule has 0 aliphatic carbocycles. The maximum atomic E-state index is 12.3. The van der Waals surface area contributed by atoms with E-state index in [0.29, 0.717) is 33.7 Å². The van der Waals surface area contributed by atoms with E-state index in [1.54, 1.807) is 33.8 Å². The molecule has 1 amide bonds. The van der Waals surface area contributed by atoms with Crippen molar-refractivity contribution in [3.8, 4) is 11.5 Å². The highest BCUT2D eigenvalue weighted by Crippen LogP contribution is 2.43. The molecule has 1 aromatic carbocycles. The van der Waals surface area contributed by atoms with Gasteiger partial charge in [0.05, 0.1) is 44.6 Å². The predicted octanol–water partition coefficient (Wildman–Crippen LogP) is 3.90. The summed E-state index contributed by atoms with van der Waals surface area (Å²) in [5.74, 6) is 0.323. The van der Waals surface area contributed by atoms with E-state index in [0.717, 1.165) is 0 Å². The Kier molecular flexibility index (Phi) is 6.20. The van der Waals surface area contributed by atoms with E-state index in [4.69, 9.17) is 23.4 Å². The topological polar surface area (TPSA) is 96.2 Å². The highest BCUT2D eigenvalue weighted by Gasteiger charge is 2.24. The van der Waals surface area contributed by atoms with Crippen molar-refractivity contribution in [3.63, 3.8) is 0 Å². The summed E-state index contributed by atoms with van der Waals surface area (Å²) < 4.78 is 26.6. The van der Waals surface area contributed by atoms with Crippen molar-refractivity contribution >= 4 is 28.7 Å². The molecule has 2 aromatic rings. The quantitative estimate of drug-likeness (QED) is 0.760. The second kappa shape index (κ2) is 8.20. The van der Waals surface area contributed by atoms with Crippen LogP contribution in [0.1, 0.15) is 33.3 Å². The summed E-state index contributed by atoms with van der Waals surface area (Å²) in [7, 11) is 2.95. The monoisotopic (exact) mass is 379 g/mol. The standard InChI is InChI=1S/C19H25NO7/c1-7-25-14(21)8-11-10-26-17-15(11)12(9-13(23-5)16(17)24-6)20-18(22)27-19(2,3)4/h9-10H,7-8H2,1-6H3,(H,20,22). The highest BCUT2D eigenvalue weighted by atomic mass is 16.6. The van der Waals surface area contributed by atoms with Crippen LogP contribution in [0.5, 0.6) is 11.5 Å². The first kappa shape index (κ1) is 20.4. The number of hydrogen-bond acceptors (Lipinski definition) is 7. The zero-order valence-electron chi connectivity index (χ0n) is 16.4. The van der Waals surface area contributed by atoms with Gasteiger partial charge in [-0.05, 0) is 27.7 Å². The minimum atomic E-state index is -0.663. The highest BCUT2D eigenvalue weighted by molar-refractivity contribution is 6.04. The lowest BCUT2D eigenvalue weighted by molar-refractivity contribution is -0.142. The number of fused-ring (bicyclic) bond motifs is 1. The number of methoxy groups -OCH3 is 2. The average Bonchev–Trinajstić information content (AvgIpc) is 2.96. The van der Waals surface area contributed by atoms with E-state index in [9.17, 15) is 9.59 Å². The Labute approximate surface area is 157 Å². The molecular weight excluding hydrogens is 354 g/mol. The Morgan fingerprint density at radius 1 is 1.19 bits per heavy atom. The molecule has 8 nitrogen and oxygen atoms in total. The molecule has 0 unspecified atom stereocenters. The molecule has 0 atom stereocenters. The number of rotatable bonds is 6. The average molecular weight is 379 g/mol. The van der Waals surface area contributed by atoms with Gasteiger partial charge in [-0.2, -0.15) is 0 Å². The third-order valence-electron chi connectivity index (χ3n) is 3.54. The van der Waals surface area contributed by atoms with Gasteiger partial charge in [0.25, 0.3) is 0 Å². The van der Waals surface area contributed by atoms with E-state index >= 15 is 0 Å². The van der Waals surface area contributed by atoms with Gasteiger partial charge in [0, 0.05) is 11.6 Å². The third-order valence-corrected chi connectivity index (χ3v) is 3.54. The van der Waals surface area contributed by atoms with Crippen molar-refractivity contribution in [1.29, 1.82) is 0 Å². The number of carbonyl (C=O) groups excluding carboxylic acids is 2. The van der Waals surface area contributed by atoms with Crippen LogP contribution in [0, 0.1) is 0 Å². The van der Waals surface area contributed by atoms with E-state index < -0.39 is 17.7 Å². The van der Waals surface area contributed by atoms with Gasteiger partial charge in [0.2, 0.25) is 5.75 Å². The molecule has 0 saturated heterocycles.